The van der Waals surface area contributed by atoms with Crippen molar-refractivity contribution < 1.29 is 25.2 Å². The Morgan fingerprint density at radius 2 is 2.06 bits per heavy atom. The van der Waals surface area contributed by atoms with Gasteiger partial charge in [-0.25, -0.2) is 0 Å². The van der Waals surface area contributed by atoms with Crippen LogP contribution in [0.3, 0.4) is 0 Å². The van der Waals surface area contributed by atoms with E-state index in [1.165, 1.54) is 0 Å². The van der Waals surface area contributed by atoms with Crippen LogP contribution in [0.1, 0.15) is 44.1 Å². The number of hydrogen-bond acceptors (Lipinski definition) is 6. The molecule has 2 rings (SSSR count). The van der Waals surface area contributed by atoms with E-state index in [1.54, 1.807) is 17.4 Å². The van der Waals surface area contributed by atoms with E-state index in [-0.39, 0.29) is 30.9 Å². The summed E-state index contributed by atoms with van der Waals surface area (Å²) in [5.41, 5.74) is 1.15. The van der Waals surface area contributed by atoms with E-state index in [0.717, 1.165) is 32.4 Å². The van der Waals surface area contributed by atoms with Gasteiger partial charge in [-0.05, 0) is 81.5 Å². The average Bonchev–Trinajstić information content (AvgIpc) is 3.21. The maximum Gasteiger partial charge on any atom is 0.220 e. The lowest BCUT2D eigenvalue weighted by Crippen LogP contribution is -2.25. The molecule has 180 valence electrons. The first-order chi connectivity index (χ1) is 15.3. The zero-order valence-electron chi connectivity index (χ0n) is 18.0. The minimum atomic E-state index is -0.621. The van der Waals surface area contributed by atoms with Gasteiger partial charge >= 0.3 is 0 Å². The molecule has 1 aliphatic rings. The van der Waals surface area contributed by atoms with Crippen molar-refractivity contribution in [3.8, 4) is 0 Å². The van der Waals surface area contributed by atoms with Gasteiger partial charge < -0.3 is 25.7 Å². The summed E-state index contributed by atoms with van der Waals surface area (Å²) in [6.07, 6.45) is 9.97. The molecule has 1 heterocycles. The van der Waals surface area contributed by atoms with Crippen molar-refractivity contribution in [2.45, 2.75) is 63.3 Å². The third-order valence-corrected chi connectivity index (χ3v) is 8.16. The molecule has 6 nitrogen and oxygen atoms in total. The van der Waals surface area contributed by atoms with Crippen molar-refractivity contribution in [2.24, 2.45) is 11.8 Å². The molecule has 0 spiro atoms. The topological polar surface area (TPSA) is 110 Å². The highest BCUT2D eigenvalue weighted by Crippen LogP contribution is 2.36. The SMILES string of the molecule is O=C(CCC/C=C/CC1C(O)CC(O)C1/C=C/C(O)CCc1cc(Br)sc1Br)NCCO. The predicted molar refractivity (Wildman–Crippen MR) is 135 cm³/mol. The Morgan fingerprint density at radius 1 is 1.28 bits per heavy atom. The molecule has 32 heavy (non-hydrogen) atoms. The Kier molecular flexibility index (Phi) is 12.7. The van der Waals surface area contributed by atoms with Crippen LogP contribution in [0, 0.1) is 11.8 Å². The molecular formula is C23H33Br2NO5S. The summed E-state index contributed by atoms with van der Waals surface area (Å²) in [6, 6.07) is 2.05. The lowest BCUT2D eigenvalue weighted by atomic mass is 9.89. The molecule has 0 radical (unpaired) electrons. The van der Waals surface area contributed by atoms with Gasteiger partial charge in [-0.15, -0.1) is 11.3 Å². The van der Waals surface area contributed by atoms with Crippen LogP contribution < -0.4 is 5.32 Å². The van der Waals surface area contributed by atoms with Gasteiger partial charge in [0.15, 0.2) is 0 Å². The lowest BCUT2D eigenvalue weighted by molar-refractivity contribution is -0.121. The number of rotatable bonds is 13. The third kappa shape index (κ3) is 9.37. The van der Waals surface area contributed by atoms with E-state index in [4.69, 9.17) is 5.11 Å². The lowest BCUT2D eigenvalue weighted by Gasteiger charge is -2.19. The maximum atomic E-state index is 11.5. The first-order valence-corrected chi connectivity index (χ1v) is 13.4. The van der Waals surface area contributed by atoms with Gasteiger partial charge in [0.2, 0.25) is 5.91 Å². The van der Waals surface area contributed by atoms with Gasteiger partial charge in [0, 0.05) is 25.3 Å². The number of carbonyl (C=O) groups is 1. The molecule has 9 heteroatoms. The summed E-state index contributed by atoms with van der Waals surface area (Å²) in [4.78, 5) is 11.5. The molecular weight excluding hydrogens is 562 g/mol. The first kappa shape index (κ1) is 27.7. The minimum Gasteiger partial charge on any atom is -0.395 e. The normalized spacial score (nSPS) is 24.6. The molecule has 5 unspecified atom stereocenters. The van der Waals surface area contributed by atoms with E-state index in [0.29, 0.717) is 25.7 Å². The standard InChI is InChI=1S/C23H33Br2NO5S/c24-21-13-15(23(25)32-21)7-8-16(28)9-10-18-17(19(29)14-20(18)30)5-3-1-2-4-6-22(31)26-11-12-27/h1,3,9-10,13,16-20,27-30H,2,4-8,11-12,14H2,(H,26,31)/b3-1+,10-9+. The Morgan fingerprint density at radius 3 is 2.75 bits per heavy atom. The smallest absolute Gasteiger partial charge is 0.220 e. The van der Waals surface area contributed by atoms with Gasteiger partial charge in [0.25, 0.3) is 0 Å². The van der Waals surface area contributed by atoms with Crippen molar-refractivity contribution in [2.75, 3.05) is 13.2 Å². The molecule has 1 fully saturated rings. The van der Waals surface area contributed by atoms with Crippen LogP contribution in [-0.4, -0.2) is 57.8 Å². The van der Waals surface area contributed by atoms with Crippen molar-refractivity contribution in [3.05, 3.63) is 43.5 Å². The van der Waals surface area contributed by atoms with Crippen molar-refractivity contribution >= 4 is 49.1 Å². The number of amides is 1. The van der Waals surface area contributed by atoms with Gasteiger partial charge in [0.1, 0.15) is 0 Å². The quantitative estimate of drug-likeness (QED) is 0.177. The molecule has 0 aliphatic heterocycles. The number of hydrogen-bond donors (Lipinski definition) is 5. The van der Waals surface area contributed by atoms with Crippen LogP contribution in [0.5, 0.6) is 0 Å². The fourth-order valence-electron chi connectivity index (χ4n) is 3.94. The number of aliphatic hydroxyl groups excluding tert-OH is 4. The molecule has 0 bridgehead atoms. The van der Waals surface area contributed by atoms with E-state index < -0.39 is 18.3 Å². The highest BCUT2D eigenvalue weighted by Gasteiger charge is 2.39. The fraction of sp³-hybridized carbons (Fsp3) is 0.609. The molecule has 1 aromatic heterocycles. The number of unbranched alkanes of at least 4 members (excludes halogenated alkanes) is 1. The number of nitrogens with one attached hydrogen (secondary N) is 1. The van der Waals surface area contributed by atoms with E-state index in [9.17, 15) is 20.1 Å². The van der Waals surface area contributed by atoms with Crippen LogP contribution >= 0.6 is 43.2 Å². The number of halogens is 2. The molecule has 0 saturated heterocycles. The highest BCUT2D eigenvalue weighted by molar-refractivity contribution is 9.12. The van der Waals surface area contributed by atoms with Crippen molar-refractivity contribution in [1.82, 2.24) is 5.32 Å². The van der Waals surface area contributed by atoms with Crippen LogP contribution in [0.4, 0.5) is 0 Å². The Bertz CT molecular complexity index is 770. The summed E-state index contributed by atoms with van der Waals surface area (Å²) in [5, 5.41) is 42.4. The molecule has 1 amide bonds. The maximum absolute atomic E-state index is 11.5. The minimum absolute atomic E-state index is 0.0573. The Labute approximate surface area is 210 Å². The first-order valence-electron chi connectivity index (χ1n) is 11.0. The van der Waals surface area contributed by atoms with Crippen molar-refractivity contribution in [3.63, 3.8) is 0 Å². The van der Waals surface area contributed by atoms with Gasteiger partial charge in [-0.3, -0.25) is 4.79 Å². The summed E-state index contributed by atoms with van der Waals surface area (Å²) < 4.78 is 2.11. The molecule has 1 aromatic rings. The second-order valence-corrected chi connectivity index (χ2v) is 11.9. The molecule has 1 aliphatic carbocycles. The van der Waals surface area contributed by atoms with Gasteiger partial charge in [-0.1, -0.05) is 24.3 Å². The monoisotopic (exact) mass is 593 g/mol. The van der Waals surface area contributed by atoms with Crippen LogP contribution in [0.25, 0.3) is 0 Å². The average molecular weight is 595 g/mol. The molecule has 5 N–H and O–H groups in total. The predicted octanol–water partition coefficient (Wildman–Crippen LogP) is 3.71. The van der Waals surface area contributed by atoms with E-state index >= 15 is 0 Å². The van der Waals surface area contributed by atoms with E-state index in [2.05, 4.69) is 37.2 Å². The van der Waals surface area contributed by atoms with Crippen LogP contribution in [0.15, 0.2) is 37.9 Å². The second-order valence-electron chi connectivity index (χ2n) is 8.12. The zero-order valence-corrected chi connectivity index (χ0v) is 22.0. The summed E-state index contributed by atoms with van der Waals surface area (Å²) in [5.74, 6) is -0.361. The number of carbonyl (C=O) groups excluding carboxylic acids is 1. The fourth-order valence-corrected chi connectivity index (χ4v) is 6.86. The number of aryl methyl sites for hydroxylation is 1. The summed E-state index contributed by atoms with van der Waals surface area (Å²) in [7, 11) is 0. The molecule has 1 saturated carbocycles. The molecule has 0 aromatic carbocycles. The number of aliphatic hydroxyl groups is 4. The van der Waals surface area contributed by atoms with E-state index in [1.807, 2.05) is 24.3 Å². The Balaban J connectivity index is 1.78. The summed E-state index contributed by atoms with van der Waals surface area (Å²) >= 11 is 8.60. The number of allylic oxidation sites excluding steroid dienone is 2. The van der Waals surface area contributed by atoms with Crippen LogP contribution in [-0.2, 0) is 11.2 Å². The van der Waals surface area contributed by atoms with Gasteiger partial charge in [0.05, 0.1) is 32.5 Å². The van der Waals surface area contributed by atoms with Crippen LogP contribution in [0.2, 0.25) is 0 Å². The largest absolute Gasteiger partial charge is 0.395 e. The molecule has 5 atom stereocenters. The highest BCUT2D eigenvalue weighted by atomic mass is 79.9. The second kappa shape index (κ2) is 14.7. The van der Waals surface area contributed by atoms with Crippen molar-refractivity contribution in [1.29, 1.82) is 0 Å². The Hall–Kier alpha value is -0.550. The third-order valence-electron chi connectivity index (χ3n) is 5.69. The zero-order chi connectivity index (χ0) is 23.5. The van der Waals surface area contributed by atoms with Gasteiger partial charge in [-0.2, -0.15) is 0 Å². The number of thiophene rings is 1. The summed E-state index contributed by atoms with van der Waals surface area (Å²) in [6.45, 7) is 0.224.